The lowest BCUT2D eigenvalue weighted by Gasteiger charge is -2.22. The second kappa shape index (κ2) is 11.4. The van der Waals surface area contributed by atoms with Gasteiger partial charge >= 0.3 is 0 Å². The number of rotatable bonds is 8. The van der Waals surface area contributed by atoms with Crippen LogP contribution < -0.4 is 25.6 Å². The molecule has 1 aliphatic heterocycles. The van der Waals surface area contributed by atoms with E-state index in [-0.39, 0.29) is 11.9 Å². The first-order valence-corrected chi connectivity index (χ1v) is 11.3. The molecule has 1 saturated heterocycles. The van der Waals surface area contributed by atoms with E-state index in [0.717, 1.165) is 31.2 Å². The highest BCUT2D eigenvalue weighted by atomic mass is 16.5. The molecule has 0 bridgehead atoms. The first-order valence-electron chi connectivity index (χ1n) is 11.3. The van der Waals surface area contributed by atoms with Crippen molar-refractivity contribution in [1.82, 2.24) is 10.6 Å². The number of nitrogens with zero attached hydrogens (tertiary/aromatic N) is 2. The molecule has 3 rings (SSSR count). The number of hydrogen-bond donors (Lipinski definition) is 3. The molecule has 0 radical (unpaired) electrons. The molecule has 7 heteroatoms. The number of amides is 1. The van der Waals surface area contributed by atoms with Crippen molar-refractivity contribution in [2.45, 2.75) is 46.2 Å². The Morgan fingerprint density at radius 3 is 2.66 bits per heavy atom. The number of carbonyl (C=O) groups excluding carboxylic acids is 1. The number of aliphatic imine (C=N–C) groups is 1. The third-order valence-corrected chi connectivity index (χ3v) is 5.53. The number of methoxy groups -OCH3 is 1. The van der Waals surface area contributed by atoms with Gasteiger partial charge in [0.15, 0.2) is 5.96 Å². The van der Waals surface area contributed by atoms with Crippen molar-refractivity contribution in [2.75, 3.05) is 37.0 Å². The second-order valence-corrected chi connectivity index (χ2v) is 8.07. The highest BCUT2D eigenvalue weighted by Crippen LogP contribution is 2.26. The molecule has 2 aromatic carbocycles. The van der Waals surface area contributed by atoms with E-state index in [1.165, 1.54) is 31.0 Å². The van der Waals surface area contributed by atoms with Crippen LogP contribution in [-0.4, -0.2) is 38.6 Å². The molecule has 0 spiro atoms. The summed E-state index contributed by atoms with van der Waals surface area (Å²) in [6.45, 7) is 9.21. The largest absolute Gasteiger partial charge is 0.495 e. The molecular weight excluding hydrogens is 402 g/mol. The smallest absolute Gasteiger partial charge is 0.221 e. The minimum Gasteiger partial charge on any atom is -0.495 e. The van der Waals surface area contributed by atoms with Crippen molar-refractivity contribution >= 4 is 23.2 Å². The van der Waals surface area contributed by atoms with Crippen LogP contribution in [-0.2, 0) is 11.3 Å². The maximum atomic E-state index is 11.5. The van der Waals surface area contributed by atoms with Gasteiger partial charge in [0.25, 0.3) is 0 Å². The molecule has 32 heavy (non-hydrogen) atoms. The number of benzene rings is 2. The van der Waals surface area contributed by atoms with Crippen LogP contribution in [0.25, 0.3) is 0 Å². The first-order chi connectivity index (χ1) is 15.5. The van der Waals surface area contributed by atoms with Crippen LogP contribution in [0.1, 0.15) is 50.8 Å². The average Bonchev–Trinajstić information content (AvgIpc) is 3.32. The van der Waals surface area contributed by atoms with E-state index in [0.29, 0.717) is 18.0 Å². The van der Waals surface area contributed by atoms with Crippen molar-refractivity contribution in [3.8, 4) is 5.75 Å². The van der Waals surface area contributed by atoms with Gasteiger partial charge in [0.2, 0.25) is 5.91 Å². The summed E-state index contributed by atoms with van der Waals surface area (Å²) in [6, 6.07) is 14.6. The van der Waals surface area contributed by atoms with Gasteiger partial charge in [-0.2, -0.15) is 0 Å². The maximum Gasteiger partial charge on any atom is 0.221 e. The van der Waals surface area contributed by atoms with E-state index >= 15 is 0 Å². The summed E-state index contributed by atoms with van der Waals surface area (Å²) in [6.07, 6.45) is 2.54. The van der Waals surface area contributed by atoms with Gasteiger partial charge in [0.05, 0.1) is 25.4 Å². The highest BCUT2D eigenvalue weighted by Gasteiger charge is 2.14. The van der Waals surface area contributed by atoms with Crippen LogP contribution in [0.4, 0.5) is 11.4 Å². The zero-order valence-electron chi connectivity index (χ0n) is 19.6. The Morgan fingerprint density at radius 1 is 1.19 bits per heavy atom. The average molecular weight is 438 g/mol. The Morgan fingerprint density at radius 2 is 1.97 bits per heavy atom. The summed E-state index contributed by atoms with van der Waals surface area (Å²) in [5.41, 5.74) is 4.16. The van der Waals surface area contributed by atoms with Crippen LogP contribution in [0.3, 0.4) is 0 Å². The molecule has 0 aliphatic carbocycles. The minimum atomic E-state index is -0.135. The summed E-state index contributed by atoms with van der Waals surface area (Å²) >= 11 is 0. The zero-order valence-corrected chi connectivity index (χ0v) is 19.6. The summed E-state index contributed by atoms with van der Waals surface area (Å²) in [5.74, 6) is 1.25. The van der Waals surface area contributed by atoms with E-state index in [1.807, 2.05) is 18.2 Å². The molecule has 7 nitrogen and oxygen atoms in total. The molecule has 1 fully saturated rings. The van der Waals surface area contributed by atoms with Gasteiger partial charge in [-0.05, 0) is 62.1 Å². The third kappa shape index (κ3) is 6.39. The van der Waals surface area contributed by atoms with Gasteiger partial charge in [0, 0.05) is 32.2 Å². The number of carbonyl (C=O) groups is 1. The molecular formula is C25H35N5O2. The van der Waals surface area contributed by atoms with E-state index in [4.69, 9.17) is 9.73 Å². The number of ether oxygens (including phenoxy) is 1. The van der Waals surface area contributed by atoms with E-state index in [1.54, 1.807) is 7.11 Å². The van der Waals surface area contributed by atoms with Gasteiger partial charge in [-0.25, -0.2) is 4.99 Å². The number of hydrogen-bond acceptors (Lipinski definition) is 4. The minimum absolute atomic E-state index is 0.112. The SMILES string of the molecule is CCNC(=NCc1ccc(OC)c(NC(C)=O)c1)NC(C)c1cccc(N2CCCC2)c1. The summed E-state index contributed by atoms with van der Waals surface area (Å²) in [5, 5.41) is 9.66. The lowest BCUT2D eigenvalue weighted by atomic mass is 10.1. The zero-order chi connectivity index (χ0) is 22.9. The number of anilines is 2. The number of guanidine groups is 1. The Balaban J connectivity index is 1.71. The van der Waals surface area contributed by atoms with Crippen LogP contribution in [0.5, 0.6) is 5.75 Å². The fourth-order valence-electron chi connectivity index (χ4n) is 3.89. The molecule has 1 atom stereocenters. The summed E-state index contributed by atoms with van der Waals surface area (Å²) < 4.78 is 5.33. The van der Waals surface area contributed by atoms with Crippen molar-refractivity contribution in [3.63, 3.8) is 0 Å². The van der Waals surface area contributed by atoms with Crippen LogP contribution in [0, 0.1) is 0 Å². The maximum absolute atomic E-state index is 11.5. The Bertz CT molecular complexity index is 938. The lowest BCUT2D eigenvalue weighted by molar-refractivity contribution is -0.114. The van der Waals surface area contributed by atoms with Crippen LogP contribution in [0.15, 0.2) is 47.5 Å². The first kappa shape index (κ1) is 23.4. The Hall–Kier alpha value is -3.22. The monoisotopic (exact) mass is 437 g/mol. The van der Waals surface area contributed by atoms with E-state index in [9.17, 15) is 4.79 Å². The van der Waals surface area contributed by atoms with Gasteiger partial charge in [-0.1, -0.05) is 18.2 Å². The van der Waals surface area contributed by atoms with Gasteiger partial charge < -0.3 is 25.6 Å². The van der Waals surface area contributed by atoms with Crippen LogP contribution >= 0.6 is 0 Å². The predicted octanol–water partition coefficient (Wildman–Crippen LogP) is 4.07. The second-order valence-electron chi connectivity index (χ2n) is 8.07. The van der Waals surface area contributed by atoms with Crippen molar-refractivity contribution < 1.29 is 9.53 Å². The molecule has 1 amide bonds. The quantitative estimate of drug-likeness (QED) is 0.429. The number of nitrogens with one attached hydrogen (secondary N) is 3. The third-order valence-electron chi connectivity index (χ3n) is 5.53. The van der Waals surface area contributed by atoms with Crippen molar-refractivity contribution in [3.05, 3.63) is 53.6 Å². The summed E-state index contributed by atoms with van der Waals surface area (Å²) in [4.78, 5) is 18.7. The van der Waals surface area contributed by atoms with Crippen LogP contribution in [0.2, 0.25) is 0 Å². The molecule has 2 aromatic rings. The normalized spacial score (nSPS) is 14.8. The molecule has 0 saturated carbocycles. The molecule has 1 unspecified atom stereocenters. The molecule has 0 aromatic heterocycles. The Kier molecular flexibility index (Phi) is 8.36. The molecule has 1 aliphatic rings. The topological polar surface area (TPSA) is 78.0 Å². The fraction of sp³-hybridized carbons (Fsp3) is 0.440. The summed E-state index contributed by atoms with van der Waals surface area (Å²) in [7, 11) is 1.59. The fourth-order valence-corrected chi connectivity index (χ4v) is 3.89. The molecule has 172 valence electrons. The Labute approximate surface area is 191 Å². The van der Waals surface area contributed by atoms with Gasteiger partial charge in [0.1, 0.15) is 5.75 Å². The molecule has 1 heterocycles. The van der Waals surface area contributed by atoms with Gasteiger partial charge in [-0.3, -0.25) is 4.79 Å². The highest BCUT2D eigenvalue weighted by molar-refractivity contribution is 5.90. The van der Waals surface area contributed by atoms with Crippen molar-refractivity contribution in [1.29, 1.82) is 0 Å². The predicted molar refractivity (Wildman–Crippen MR) is 132 cm³/mol. The van der Waals surface area contributed by atoms with Crippen molar-refractivity contribution in [2.24, 2.45) is 4.99 Å². The lowest BCUT2D eigenvalue weighted by Crippen LogP contribution is -2.38. The standard InChI is InChI=1S/C25H35N5O2/c1-5-26-25(27-17-20-11-12-24(32-4)23(15-20)29-19(3)31)28-18(2)21-9-8-10-22(16-21)30-13-6-7-14-30/h8-12,15-16,18H,5-7,13-14,17H2,1-4H3,(H,29,31)(H2,26,27,28). The van der Waals surface area contributed by atoms with E-state index < -0.39 is 0 Å². The van der Waals surface area contributed by atoms with Gasteiger partial charge in [-0.15, -0.1) is 0 Å². The molecule has 3 N–H and O–H groups in total. The van der Waals surface area contributed by atoms with E-state index in [2.05, 4.69) is 59.0 Å².